The highest BCUT2D eigenvalue weighted by molar-refractivity contribution is 5.75. The van der Waals surface area contributed by atoms with Gasteiger partial charge in [0.05, 0.1) is 0 Å². The van der Waals surface area contributed by atoms with Crippen LogP contribution in [0.2, 0.25) is 0 Å². The van der Waals surface area contributed by atoms with Crippen LogP contribution >= 0.6 is 0 Å². The first-order valence-corrected chi connectivity index (χ1v) is 7.16. The standard InChI is InChI=1S/C17H21N3O2/c1-13(15-6-4-8-19-10-15)20(2)11-14-5-3-7-16(9-14)22-12-17(18)21/h3-10,13H,11-12H2,1-2H3,(H2,18,21)/t13-/m0/s1. The average Bonchev–Trinajstić information content (AvgIpc) is 2.53. The Bertz CT molecular complexity index is 616. The average molecular weight is 299 g/mol. The fourth-order valence-electron chi connectivity index (χ4n) is 2.19. The summed E-state index contributed by atoms with van der Waals surface area (Å²) in [4.78, 5) is 17.2. The van der Waals surface area contributed by atoms with Crippen molar-refractivity contribution >= 4 is 5.91 Å². The summed E-state index contributed by atoms with van der Waals surface area (Å²) >= 11 is 0. The number of nitrogens with zero attached hydrogens (tertiary/aromatic N) is 2. The molecule has 0 unspecified atom stereocenters. The molecule has 5 heteroatoms. The highest BCUT2D eigenvalue weighted by Crippen LogP contribution is 2.21. The third-order valence-electron chi connectivity index (χ3n) is 3.54. The number of amides is 1. The number of pyridine rings is 1. The number of benzene rings is 1. The summed E-state index contributed by atoms with van der Waals surface area (Å²) in [6.45, 7) is 2.81. The molecule has 1 atom stereocenters. The Morgan fingerprint density at radius 2 is 2.18 bits per heavy atom. The Morgan fingerprint density at radius 1 is 1.36 bits per heavy atom. The third-order valence-corrected chi connectivity index (χ3v) is 3.54. The van der Waals surface area contributed by atoms with Crippen molar-refractivity contribution in [3.05, 3.63) is 59.9 Å². The van der Waals surface area contributed by atoms with Crippen LogP contribution in [-0.2, 0) is 11.3 Å². The Kier molecular flexibility index (Phi) is 5.49. The summed E-state index contributed by atoms with van der Waals surface area (Å²) < 4.78 is 5.33. The number of hydrogen-bond acceptors (Lipinski definition) is 4. The fraction of sp³-hybridized carbons (Fsp3) is 0.294. The summed E-state index contributed by atoms with van der Waals surface area (Å²) in [6.07, 6.45) is 3.66. The maximum Gasteiger partial charge on any atom is 0.255 e. The molecule has 0 spiro atoms. The van der Waals surface area contributed by atoms with Crippen molar-refractivity contribution in [3.63, 3.8) is 0 Å². The van der Waals surface area contributed by atoms with Gasteiger partial charge in [-0.2, -0.15) is 0 Å². The molecule has 0 saturated carbocycles. The zero-order valence-electron chi connectivity index (χ0n) is 12.9. The first-order chi connectivity index (χ1) is 10.6. The van der Waals surface area contributed by atoms with E-state index >= 15 is 0 Å². The van der Waals surface area contributed by atoms with Gasteiger partial charge in [0.2, 0.25) is 0 Å². The molecule has 5 nitrogen and oxygen atoms in total. The molecule has 116 valence electrons. The molecule has 0 aliphatic heterocycles. The number of aromatic nitrogens is 1. The molecule has 1 amide bonds. The molecular formula is C17H21N3O2. The second-order valence-electron chi connectivity index (χ2n) is 5.28. The molecule has 0 saturated heterocycles. The minimum Gasteiger partial charge on any atom is -0.484 e. The van der Waals surface area contributed by atoms with Gasteiger partial charge in [-0.25, -0.2) is 0 Å². The van der Waals surface area contributed by atoms with Crippen LogP contribution in [-0.4, -0.2) is 29.4 Å². The van der Waals surface area contributed by atoms with Crippen LogP contribution in [0.15, 0.2) is 48.8 Å². The van der Waals surface area contributed by atoms with Crippen LogP contribution in [0.1, 0.15) is 24.1 Å². The van der Waals surface area contributed by atoms with E-state index < -0.39 is 5.91 Å². The van der Waals surface area contributed by atoms with E-state index in [1.807, 2.05) is 36.5 Å². The normalized spacial score (nSPS) is 12.1. The summed E-state index contributed by atoms with van der Waals surface area (Å²) in [5, 5.41) is 0. The van der Waals surface area contributed by atoms with Crippen LogP contribution in [0, 0.1) is 0 Å². The molecule has 0 aliphatic carbocycles. The molecule has 2 rings (SSSR count). The van der Waals surface area contributed by atoms with Crippen molar-refractivity contribution in [2.75, 3.05) is 13.7 Å². The van der Waals surface area contributed by atoms with Crippen LogP contribution in [0.5, 0.6) is 5.75 Å². The van der Waals surface area contributed by atoms with E-state index in [1.54, 1.807) is 6.20 Å². The van der Waals surface area contributed by atoms with Crippen molar-refractivity contribution in [2.24, 2.45) is 5.73 Å². The zero-order chi connectivity index (χ0) is 15.9. The van der Waals surface area contributed by atoms with E-state index in [2.05, 4.69) is 29.9 Å². The molecule has 1 heterocycles. The van der Waals surface area contributed by atoms with Gasteiger partial charge in [-0.3, -0.25) is 14.7 Å². The van der Waals surface area contributed by atoms with Crippen molar-refractivity contribution in [2.45, 2.75) is 19.5 Å². The lowest BCUT2D eigenvalue weighted by Gasteiger charge is -2.25. The second kappa shape index (κ2) is 7.56. The molecule has 2 N–H and O–H groups in total. The fourth-order valence-corrected chi connectivity index (χ4v) is 2.19. The Labute approximate surface area is 130 Å². The highest BCUT2D eigenvalue weighted by Gasteiger charge is 2.12. The molecule has 0 fully saturated rings. The van der Waals surface area contributed by atoms with Gasteiger partial charge in [0.25, 0.3) is 5.91 Å². The molecule has 2 aromatic rings. The summed E-state index contributed by atoms with van der Waals surface area (Å²) in [5.41, 5.74) is 7.37. The Balaban J connectivity index is 2.00. The number of ether oxygens (including phenoxy) is 1. The highest BCUT2D eigenvalue weighted by atomic mass is 16.5. The lowest BCUT2D eigenvalue weighted by atomic mass is 10.1. The molecule has 22 heavy (non-hydrogen) atoms. The Hall–Kier alpha value is -2.40. The summed E-state index contributed by atoms with van der Waals surface area (Å²) in [5.74, 6) is 0.173. The number of carbonyl (C=O) groups is 1. The van der Waals surface area contributed by atoms with Crippen molar-refractivity contribution in [3.8, 4) is 5.75 Å². The smallest absolute Gasteiger partial charge is 0.255 e. The molecule has 0 bridgehead atoms. The van der Waals surface area contributed by atoms with Crippen molar-refractivity contribution < 1.29 is 9.53 Å². The van der Waals surface area contributed by atoms with Gasteiger partial charge < -0.3 is 10.5 Å². The number of hydrogen-bond donors (Lipinski definition) is 1. The third kappa shape index (κ3) is 4.56. The van der Waals surface area contributed by atoms with Crippen LogP contribution in [0.4, 0.5) is 0 Å². The minimum absolute atomic E-state index is 0.106. The quantitative estimate of drug-likeness (QED) is 0.850. The molecular weight excluding hydrogens is 278 g/mol. The van der Waals surface area contributed by atoms with E-state index in [1.165, 1.54) is 5.56 Å². The van der Waals surface area contributed by atoms with Gasteiger partial charge in [0, 0.05) is 25.0 Å². The van der Waals surface area contributed by atoms with Gasteiger partial charge in [0.1, 0.15) is 5.75 Å². The second-order valence-corrected chi connectivity index (χ2v) is 5.28. The van der Waals surface area contributed by atoms with E-state index in [0.29, 0.717) is 5.75 Å². The van der Waals surface area contributed by atoms with Crippen molar-refractivity contribution in [1.29, 1.82) is 0 Å². The monoisotopic (exact) mass is 299 g/mol. The lowest BCUT2D eigenvalue weighted by Crippen LogP contribution is -2.22. The number of carbonyl (C=O) groups excluding carboxylic acids is 1. The van der Waals surface area contributed by atoms with Crippen LogP contribution in [0.3, 0.4) is 0 Å². The van der Waals surface area contributed by atoms with Gasteiger partial charge in [-0.05, 0) is 43.3 Å². The lowest BCUT2D eigenvalue weighted by molar-refractivity contribution is -0.119. The Morgan fingerprint density at radius 3 is 2.86 bits per heavy atom. The maximum absolute atomic E-state index is 10.8. The number of nitrogens with two attached hydrogens (primary N) is 1. The summed E-state index contributed by atoms with van der Waals surface area (Å²) in [7, 11) is 2.06. The van der Waals surface area contributed by atoms with E-state index in [4.69, 9.17) is 10.5 Å². The van der Waals surface area contributed by atoms with E-state index in [9.17, 15) is 4.79 Å². The topological polar surface area (TPSA) is 68.5 Å². The summed E-state index contributed by atoms with van der Waals surface area (Å²) in [6, 6.07) is 12.0. The van der Waals surface area contributed by atoms with Crippen LogP contribution in [0.25, 0.3) is 0 Å². The zero-order valence-corrected chi connectivity index (χ0v) is 12.9. The van der Waals surface area contributed by atoms with E-state index in [0.717, 1.165) is 12.1 Å². The van der Waals surface area contributed by atoms with Crippen molar-refractivity contribution in [1.82, 2.24) is 9.88 Å². The first-order valence-electron chi connectivity index (χ1n) is 7.16. The van der Waals surface area contributed by atoms with Gasteiger partial charge in [0.15, 0.2) is 6.61 Å². The predicted octanol–water partition coefficient (Wildman–Crippen LogP) is 2.14. The molecule has 1 aromatic carbocycles. The molecule has 1 aromatic heterocycles. The van der Waals surface area contributed by atoms with E-state index in [-0.39, 0.29) is 12.6 Å². The molecule has 0 aliphatic rings. The van der Waals surface area contributed by atoms with Crippen LogP contribution < -0.4 is 10.5 Å². The molecule has 0 radical (unpaired) electrons. The SMILES string of the molecule is C[C@@H](c1cccnc1)N(C)Cc1cccc(OCC(N)=O)c1. The van der Waals surface area contributed by atoms with Gasteiger partial charge >= 0.3 is 0 Å². The minimum atomic E-state index is -0.479. The van der Waals surface area contributed by atoms with Gasteiger partial charge in [-0.15, -0.1) is 0 Å². The largest absolute Gasteiger partial charge is 0.484 e. The number of primary amides is 1. The number of rotatable bonds is 7. The van der Waals surface area contributed by atoms with Gasteiger partial charge in [-0.1, -0.05) is 18.2 Å². The predicted molar refractivity (Wildman–Crippen MR) is 85.3 cm³/mol. The maximum atomic E-state index is 10.8. The first kappa shape index (κ1) is 16.0.